The van der Waals surface area contributed by atoms with Gasteiger partial charge >= 0.3 is 0 Å². The fraction of sp³-hybridized carbons (Fsp3) is 0.462. The van der Waals surface area contributed by atoms with Crippen LogP contribution >= 0.6 is 0 Å². The van der Waals surface area contributed by atoms with Crippen LogP contribution in [0.4, 0.5) is 11.4 Å². The van der Waals surface area contributed by atoms with Crippen LogP contribution in [0.5, 0.6) is 0 Å². The lowest BCUT2D eigenvalue weighted by atomic mass is 10.1. The van der Waals surface area contributed by atoms with Crippen molar-refractivity contribution in [3.63, 3.8) is 0 Å². The Bertz CT molecular complexity index is 412. The molecular weight excluding hydrogens is 200 g/mol. The van der Waals surface area contributed by atoms with Gasteiger partial charge in [-0.2, -0.15) is 0 Å². The van der Waals surface area contributed by atoms with Crippen LogP contribution in [0.1, 0.15) is 26.3 Å². The zero-order chi connectivity index (χ0) is 11.7. The van der Waals surface area contributed by atoms with Gasteiger partial charge in [-0.05, 0) is 44.0 Å². The highest BCUT2D eigenvalue weighted by Crippen LogP contribution is 2.30. The Morgan fingerprint density at radius 2 is 2.19 bits per heavy atom. The monoisotopic (exact) mass is 218 g/mol. The first kappa shape index (κ1) is 11.0. The summed E-state index contributed by atoms with van der Waals surface area (Å²) < 4.78 is 0. The summed E-state index contributed by atoms with van der Waals surface area (Å²) >= 11 is 0. The molecule has 0 bridgehead atoms. The average molecular weight is 218 g/mol. The number of amides is 1. The van der Waals surface area contributed by atoms with Crippen LogP contribution in [0.3, 0.4) is 0 Å². The maximum Gasteiger partial charge on any atom is 0.223 e. The molecule has 1 aliphatic heterocycles. The smallest absolute Gasteiger partial charge is 0.223 e. The van der Waals surface area contributed by atoms with Gasteiger partial charge in [0.2, 0.25) is 5.91 Å². The third-order valence-electron chi connectivity index (χ3n) is 2.81. The molecule has 1 heterocycles. The van der Waals surface area contributed by atoms with Crippen LogP contribution < -0.4 is 10.2 Å². The van der Waals surface area contributed by atoms with Crippen molar-refractivity contribution in [3.8, 4) is 0 Å². The summed E-state index contributed by atoms with van der Waals surface area (Å²) in [7, 11) is 0. The Morgan fingerprint density at radius 1 is 1.44 bits per heavy atom. The molecule has 0 saturated heterocycles. The molecule has 0 saturated carbocycles. The zero-order valence-corrected chi connectivity index (χ0v) is 10.1. The number of benzene rings is 1. The van der Waals surface area contributed by atoms with Crippen LogP contribution in [-0.2, 0) is 11.2 Å². The molecule has 1 N–H and O–H groups in total. The Morgan fingerprint density at radius 3 is 2.81 bits per heavy atom. The second-order valence-electron chi connectivity index (χ2n) is 4.56. The second-order valence-corrected chi connectivity index (χ2v) is 4.56. The van der Waals surface area contributed by atoms with Crippen LogP contribution in [-0.4, -0.2) is 18.5 Å². The van der Waals surface area contributed by atoms with E-state index in [1.165, 1.54) is 5.56 Å². The molecule has 0 spiro atoms. The van der Waals surface area contributed by atoms with E-state index in [4.69, 9.17) is 0 Å². The van der Waals surface area contributed by atoms with Crippen LogP contribution in [0, 0.1) is 0 Å². The lowest BCUT2D eigenvalue weighted by Gasteiger charge is -2.16. The number of carbonyl (C=O) groups is 1. The van der Waals surface area contributed by atoms with Gasteiger partial charge in [0.15, 0.2) is 0 Å². The molecule has 1 aliphatic rings. The molecule has 0 radical (unpaired) electrons. The SMILES string of the molecule is CC(=O)N1CCc2cc(NC(C)C)ccc21. The van der Waals surface area contributed by atoms with Crippen molar-refractivity contribution in [3.05, 3.63) is 23.8 Å². The predicted octanol–water partition coefficient (Wildman–Crippen LogP) is 2.42. The Labute approximate surface area is 96.5 Å². The fourth-order valence-electron chi connectivity index (χ4n) is 2.15. The number of rotatable bonds is 2. The van der Waals surface area contributed by atoms with E-state index in [0.717, 1.165) is 24.3 Å². The van der Waals surface area contributed by atoms with Crippen molar-refractivity contribution in [2.75, 3.05) is 16.8 Å². The van der Waals surface area contributed by atoms with E-state index in [0.29, 0.717) is 6.04 Å². The number of fused-ring (bicyclic) bond motifs is 1. The van der Waals surface area contributed by atoms with E-state index in [2.05, 4.69) is 25.2 Å². The summed E-state index contributed by atoms with van der Waals surface area (Å²) in [6.07, 6.45) is 0.961. The number of hydrogen-bond donors (Lipinski definition) is 1. The van der Waals surface area contributed by atoms with Gasteiger partial charge in [-0.25, -0.2) is 0 Å². The number of nitrogens with zero attached hydrogens (tertiary/aromatic N) is 1. The third kappa shape index (κ3) is 2.03. The average Bonchev–Trinajstić information content (AvgIpc) is 2.59. The van der Waals surface area contributed by atoms with Gasteiger partial charge in [0.1, 0.15) is 0 Å². The van der Waals surface area contributed by atoms with E-state index in [9.17, 15) is 4.79 Å². The van der Waals surface area contributed by atoms with Gasteiger partial charge < -0.3 is 10.2 Å². The summed E-state index contributed by atoms with van der Waals surface area (Å²) in [5, 5.41) is 3.38. The minimum absolute atomic E-state index is 0.128. The summed E-state index contributed by atoms with van der Waals surface area (Å²) in [5.41, 5.74) is 3.47. The van der Waals surface area contributed by atoms with Gasteiger partial charge in [0.05, 0.1) is 0 Å². The minimum atomic E-state index is 0.128. The number of anilines is 2. The summed E-state index contributed by atoms with van der Waals surface area (Å²) in [6.45, 7) is 6.68. The third-order valence-corrected chi connectivity index (χ3v) is 2.81. The first-order valence-electron chi connectivity index (χ1n) is 5.75. The molecule has 0 aromatic heterocycles. The van der Waals surface area contributed by atoms with E-state index in [1.54, 1.807) is 6.92 Å². The van der Waals surface area contributed by atoms with Gasteiger partial charge in [-0.15, -0.1) is 0 Å². The predicted molar refractivity (Wildman–Crippen MR) is 66.9 cm³/mol. The topological polar surface area (TPSA) is 32.3 Å². The van der Waals surface area contributed by atoms with E-state index < -0.39 is 0 Å². The lowest BCUT2D eigenvalue weighted by molar-refractivity contribution is -0.116. The van der Waals surface area contributed by atoms with Crippen molar-refractivity contribution in [1.82, 2.24) is 0 Å². The maximum absolute atomic E-state index is 11.4. The standard InChI is InChI=1S/C13H18N2O/c1-9(2)14-12-4-5-13-11(8-12)6-7-15(13)10(3)16/h4-5,8-9,14H,6-7H2,1-3H3. The normalized spacial score (nSPS) is 14.1. The van der Waals surface area contributed by atoms with Crippen molar-refractivity contribution in [1.29, 1.82) is 0 Å². The zero-order valence-electron chi connectivity index (χ0n) is 10.1. The van der Waals surface area contributed by atoms with E-state index in [1.807, 2.05) is 17.0 Å². The Balaban J connectivity index is 2.25. The van der Waals surface area contributed by atoms with Gasteiger partial charge in [-0.3, -0.25) is 4.79 Å². The van der Waals surface area contributed by atoms with Crippen molar-refractivity contribution in [2.24, 2.45) is 0 Å². The molecule has 1 aromatic carbocycles. The molecular formula is C13H18N2O. The van der Waals surface area contributed by atoms with Crippen molar-refractivity contribution >= 4 is 17.3 Å². The molecule has 3 heteroatoms. The molecule has 2 rings (SSSR count). The van der Waals surface area contributed by atoms with Crippen LogP contribution in [0.15, 0.2) is 18.2 Å². The molecule has 1 amide bonds. The van der Waals surface area contributed by atoms with E-state index in [-0.39, 0.29) is 5.91 Å². The Hall–Kier alpha value is -1.51. The highest BCUT2D eigenvalue weighted by atomic mass is 16.2. The summed E-state index contributed by atoms with van der Waals surface area (Å²) in [4.78, 5) is 13.2. The number of nitrogens with one attached hydrogen (secondary N) is 1. The highest BCUT2D eigenvalue weighted by Gasteiger charge is 2.21. The largest absolute Gasteiger partial charge is 0.383 e. The van der Waals surface area contributed by atoms with Crippen molar-refractivity contribution in [2.45, 2.75) is 33.2 Å². The molecule has 0 fully saturated rings. The minimum Gasteiger partial charge on any atom is -0.383 e. The highest BCUT2D eigenvalue weighted by molar-refractivity contribution is 5.94. The molecule has 16 heavy (non-hydrogen) atoms. The van der Waals surface area contributed by atoms with Gasteiger partial charge in [0, 0.05) is 30.9 Å². The first-order chi connectivity index (χ1) is 7.58. The molecule has 0 atom stereocenters. The number of hydrogen-bond acceptors (Lipinski definition) is 2. The van der Waals surface area contributed by atoms with Crippen LogP contribution in [0.25, 0.3) is 0 Å². The van der Waals surface area contributed by atoms with Crippen molar-refractivity contribution < 1.29 is 4.79 Å². The summed E-state index contributed by atoms with van der Waals surface area (Å²) in [6, 6.07) is 6.66. The summed E-state index contributed by atoms with van der Waals surface area (Å²) in [5.74, 6) is 0.128. The molecule has 0 unspecified atom stereocenters. The van der Waals surface area contributed by atoms with E-state index >= 15 is 0 Å². The van der Waals surface area contributed by atoms with Gasteiger partial charge in [0.25, 0.3) is 0 Å². The Kier molecular flexibility index (Phi) is 2.86. The number of carbonyl (C=O) groups excluding carboxylic acids is 1. The quantitative estimate of drug-likeness (QED) is 0.826. The first-order valence-corrected chi connectivity index (χ1v) is 5.75. The molecule has 86 valence electrons. The molecule has 0 aliphatic carbocycles. The maximum atomic E-state index is 11.4. The van der Waals surface area contributed by atoms with Crippen LogP contribution in [0.2, 0.25) is 0 Å². The molecule has 1 aromatic rings. The second kappa shape index (κ2) is 4.16. The lowest BCUT2D eigenvalue weighted by Crippen LogP contribution is -2.25. The molecule has 3 nitrogen and oxygen atoms in total. The van der Waals surface area contributed by atoms with Gasteiger partial charge in [-0.1, -0.05) is 0 Å². The fourth-order valence-corrected chi connectivity index (χ4v) is 2.15.